The van der Waals surface area contributed by atoms with E-state index in [9.17, 15) is 14.9 Å². The number of primary amides is 1. The number of nitrogens with zero attached hydrogens (tertiary/aromatic N) is 2. The third kappa shape index (κ3) is 4.18. The van der Waals surface area contributed by atoms with Crippen molar-refractivity contribution in [2.75, 3.05) is 0 Å². The van der Waals surface area contributed by atoms with Crippen molar-refractivity contribution in [2.24, 2.45) is 5.73 Å². The van der Waals surface area contributed by atoms with Crippen molar-refractivity contribution in [3.05, 3.63) is 75.3 Å². The molecule has 0 aliphatic rings. The molecule has 0 unspecified atom stereocenters. The Kier molecular flexibility index (Phi) is 5.26. The largest absolute Gasteiger partial charge is 0.488 e. The summed E-state index contributed by atoms with van der Waals surface area (Å²) in [6, 6.07) is 14.6. The van der Waals surface area contributed by atoms with E-state index < -0.39 is 10.8 Å². The van der Waals surface area contributed by atoms with E-state index in [1.54, 1.807) is 42.5 Å². The Morgan fingerprint density at radius 2 is 1.92 bits per heavy atom. The lowest BCUT2D eigenvalue weighted by atomic mass is 10.1. The predicted octanol–water partition coefficient (Wildman–Crippen LogP) is 2.57. The standard InChI is InChI=1S/C17H13N3O4/c18-10-14(17(19)21)9-13-3-1-2-4-16(13)24-11-12-5-7-15(8-6-12)20(22)23/h1-9H,11H2,(H2,19,21)/b14-9+. The Morgan fingerprint density at radius 3 is 2.50 bits per heavy atom. The first kappa shape index (κ1) is 16.7. The molecule has 0 bridgehead atoms. The highest BCUT2D eigenvalue weighted by Crippen LogP contribution is 2.22. The minimum absolute atomic E-state index is 0.00204. The van der Waals surface area contributed by atoms with Crippen molar-refractivity contribution >= 4 is 17.7 Å². The average Bonchev–Trinajstić information content (AvgIpc) is 2.58. The number of carbonyl (C=O) groups excluding carboxylic acids is 1. The molecule has 0 spiro atoms. The number of nitriles is 1. The molecule has 2 rings (SSSR count). The molecule has 0 radical (unpaired) electrons. The third-order valence-electron chi connectivity index (χ3n) is 3.15. The number of rotatable bonds is 6. The molecule has 2 N–H and O–H groups in total. The monoisotopic (exact) mass is 323 g/mol. The predicted molar refractivity (Wildman–Crippen MR) is 86.7 cm³/mol. The van der Waals surface area contributed by atoms with Crippen LogP contribution < -0.4 is 10.5 Å². The number of amides is 1. The van der Waals surface area contributed by atoms with Crippen molar-refractivity contribution in [1.29, 1.82) is 5.26 Å². The number of nitrogens with two attached hydrogens (primary N) is 1. The zero-order chi connectivity index (χ0) is 17.5. The Labute approximate surface area is 137 Å². The highest BCUT2D eigenvalue weighted by atomic mass is 16.6. The molecule has 0 saturated heterocycles. The summed E-state index contributed by atoms with van der Waals surface area (Å²) in [5.41, 5.74) is 6.23. The number of para-hydroxylation sites is 1. The fourth-order valence-electron chi connectivity index (χ4n) is 1.92. The second-order valence-corrected chi connectivity index (χ2v) is 4.78. The second-order valence-electron chi connectivity index (χ2n) is 4.78. The van der Waals surface area contributed by atoms with Gasteiger partial charge in [-0.05, 0) is 29.8 Å². The lowest BCUT2D eigenvalue weighted by Crippen LogP contribution is -2.12. The van der Waals surface area contributed by atoms with Gasteiger partial charge in [0.15, 0.2) is 0 Å². The van der Waals surface area contributed by atoms with E-state index in [1.165, 1.54) is 18.2 Å². The maximum atomic E-state index is 11.1. The van der Waals surface area contributed by atoms with Gasteiger partial charge in [0.25, 0.3) is 11.6 Å². The fraction of sp³-hybridized carbons (Fsp3) is 0.0588. The van der Waals surface area contributed by atoms with E-state index in [2.05, 4.69) is 0 Å². The maximum Gasteiger partial charge on any atom is 0.269 e. The van der Waals surface area contributed by atoms with Gasteiger partial charge in [-0.2, -0.15) is 5.26 Å². The fourth-order valence-corrected chi connectivity index (χ4v) is 1.92. The van der Waals surface area contributed by atoms with Gasteiger partial charge in [-0.3, -0.25) is 14.9 Å². The first-order valence-corrected chi connectivity index (χ1v) is 6.88. The van der Waals surface area contributed by atoms with Crippen LogP contribution in [0.4, 0.5) is 5.69 Å². The van der Waals surface area contributed by atoms with Crippen LogP contribution in [-0.4, -0.2) is 10.8 Å². The van der Waals surface area contributed by atoms with Gasteiger partial charge in [0.2, 0.25) is 0 Å². The summed E-state index contributed by atoms with van der Waals surface area (Å²) in [5.74, 6) is -0.354. The molecule has 0 saturated carbocycles. The number of nitro groups is 1. The molecule has 0 heterocycles. The lowest BCUT2D eigenvalue weighted by Gasteiger charge is -2.09. The minimum atomic E-state index is -0.817. The molecule has 0 aromatic heterocycles. The van der Waals surface area contributed by atoms with Crippen molar-refractivity contribution in [3.8, 4) is 11.8 Å². The Bertz CT molecular complexity index is 836. The van der Waals surface area contributed by atoms with E-state index in [1.807, 2.05) is 0 Å². The summed E-state index contributed by atoms with van der Waals surface area (Å²) >= 11 is 0. The van der Waals surface area contributed by atoms with Gasteiger partial charge < -0.3 is 10.5 Å². The van der Waals surface area contributed by atoms with Crippen LogP contribution in [0.3, 0.4) is 0 Å². The number of hydrogen-bond donors (Lipinski definition) is 1. The highest BCUT2D eigenvalue weighted by Gasteiger charge is 2.08. The molecule has 7 heteroatoms. The normalized spacial score (nSPS) is 10.7. The summed E-state index contributed by atoms with van der Waals surface area (Å²) in [6.07, 6.45) is 1.35. The molecule has 0 atom stereocenters. The van der Waals surface area contributed by atoms with E-state index in [4.69, 9.17) is 15.7 Å². The zero-order valence-corrected chi connectivity index (χ0v) is 12.5. The number of carbonyl (C=O) groups is 1. The van der Waals surface area contributed by atoms with Crippen LogP contribution in [0.25, 0.3) is 6.08 Å². The van der Waals surface area contributed by atoms with E-state index in [0.29, 0.717) is 11.3 Å². The summed E-state index contributed by atoms with van der Waals surface area (Å²) in [7, 11) is 0. The molecule has 0 fully saturated rings. The number of benzene rings is 2. The first-order chi connectivity index (χ1) is 11.5. The van der Waals surface area contributed by atoms with Crippen molar-refractivity contribution < 1.29 is 14.5 Å². The van der Waals surface area contributed by atoms with Crippen molar-refractivity contribution in [2.45, 2.75) is 6.61 Å². The third-order valence-corrected chi connectivity index (χ3v) is 3.15. The van der Waals surface area contributed by atoms with Gasteiger partial charge in [0.1, 0.15) is 24.0 Å². The first-order valence-electron chi connectivity index (χ1n) is 6.88. The Morgan fingerprint density at radius 1 is 1.25 bits per heavy atom. The SMILES string of the molecule is N#C/C(=C\c1ccccc1OCc1ccc([N+](=O)[O-])cc1)C(N)=O. The molecular weight excluding hydrogens is 310 g/mol. The van der Waals surface area contributed by atoms with Crippen LogP contribution in [0.1, 0.15) is 11.1 Å². The van der Waals surface area contributed by atoms with Gasteiger partial charge >= 0.3 is 0 Å². The zero-order valence-electron chi connectivity index (χ0n) is 12.5. The van der Waals surface area contributed by atoms with Gasteiger partial charge in [-0.25, -0.2) is 0 Å². The highest BCUT2D eigenvalue weighted by molar-refractivity contribution is 6.00. The summed E-state index contributed by atoms with van der Waals surface area (Å²) in [5, 5.41) is 19.5. The molecule has 2 aromatic carbocycles. The number of non-ortho nitro benzene ring substituents is 1. The van der Waals surface area contributed by atoms with Gasteiger partial charge in [0.05, 0.1) is 4.92 Å². The second kappa shape index (κ2) is 7.56. The van der Waals surface area contributed by atoms with Crippen molar-refractivity contribution in [3.63, 3.8) is 0 Å². The molecule has 0 aliphatic carbocycles. The topological polar surface area (TPSA) is 119 Å². The molecule has 2 aromatic rings. The number of ether oxygens (including phenoxy) is 1. The molecule has 0 aliphatic heterocycles. The van der Waals surface area contributed by atoms with Crippen LogP contribution in [0.2, 0.25) is 0 Å². The van der Waals surface area contributed by atoms with Crippen molar-refractivity contribution in [1.82, 2.24) is 0 Å². The molecule has 1 amide bonds. The van der Waals surface area contributed by atoms with Crippen LogP contribution >= 0.6 is 0 Å². The summed E-state index contributed by atoms with van der Waals surface area (Å²) in [6.45, 7) is 0.182. The molecule has 24 heavy (non-hydrogen) atoms. The van der Waals surface area contributed by atoms with E-state index in [0.717, 1.165) is 5.56 Å². The van der Waals surface area contributed by atoms with E-state index >= 15 is 0 Å². The van der Waals surface area contributed by atoms with Crippen LogP contribution in [-0.2, 0) is 11.4 Å². The minimum Gasteiger partial charge on any atom is -0.488 e. The Hall–Kier alpha value is -3.66. The summed E-state index contributed by atoms with van der Waals surface area (Å²) < 4.78 is 5.67. The number of hydrogen-bond acceptors (Lipinski definition) is 5. The quantitative estimate of drug-likeness (QED) is 0.379. The smallest absolute Gasteiger partial charge is 0.269 e. The lowest BCUT2D eigenvalue weighted by molar-refractivity contribution is -0.384. The van der Waals surface area contributed by atoms with Crippen LogP contribution in [0, 0.1) is 21.4 Å². The molecule has 7 nitrogen and oxygen atoms in total. The maximum absolute atomic E-state index is 11.1. The van der Waals surface area contributed by atoms with Crippen LogP contribution in [0.5, 0.6) is 5.75 Å². The summed E-state index contributed by atoms with van der Waals surface area (Å²) in [4.78, 5) is 21.3. The van der Waals surface area contributed by atoms with Gasteiger partial charge in [-0.1, -0.05) is 18.2 Å². The van der Waals surface area contributed by atoms with Crippen LogP contribution in [0.15, 0.2) is 54.1 Å². The Balaban J connectivity index is 2.17. The van der Waals surface area contributed by atoms with Gasteiger partial charge in [0, 0.05) is 17.7 Å². The average molecular weight is 323 g/mol. The van der Waals surface area contributed by atoms with Gasteiger partial charge in [-0.15, -0.1) is 0 Å². The van der Waals surface area contributed by atoms with E-state index in [-0.39, 0.29) is 17.9 Å². The molecule has 120 valence electrons. The number of nitro benzene ring substituents is 1. The molecular formula is C17H13N3O4.